The number of hydrogen-bond acceptors (Lipinski definition) is 5. The highest BCUT2D eigenvalue weighted by molar-refractivity contribution is 5.78. The zero-order valence-electron chi connectivity index (χ0n) is 31.3. The van der Waals surface area contributed by atoms with Gasteiger partial charge in [-0.1, -0.05) is 143 Å². The van der Waals surface area contributed by atoms with Crippen LogP contribution in [-0.4, -0.2) is 30.9 Å². The van der Waals surface area contributed by atoms with Crippen molar-refractivity contribution in [3.63, 3.8) is 0 Å². The molecule has 0 amide bonds. The number of esters is 2. The quantitative estimate of drug-likeness (QED) is 0.0498. The lowest BCUT2D eigenvalue weighted by atomic mass is 9.95. The Morgan fingerprint density at radius 2 is 0.652 bits per heavy atom. The van der Waals surface area contributed by atoms with Crippen molar-refractivity contribution < 1.29 is 23.9 Å². The molecule has 46 heavy (non-hydrogen) atoms. The van der Waals surface area contributed by atoms with Crippen LogP contribution in [0, 0.1) is 11.8 Å². The average molecular weight is 651 g/mol. The Kier molecular flexibility index (Phi) is 33.9. The third-order valence-electron chi connectivity index (χ3n) is 9.50. The van der Waals surface area contributed by atoms with Crippen LogP contribution in [0.4, 0.5) is 0 Å². The van der Waals surface area contributed by atoms with Gasteiger partial charge in [0.05, 0.1) is 13.2 Å². The zero-order valence-corrected chi connectivity index (χ0v) is 31.3. The molecule has 5 nitrogen and oxygen atoms in total. The van der Waals surface area contributed by atoms with E-state index in [1.54, 1.807) is 0 Å². The molecular weight excluding hydrogens is 572 g/mol. The highest BCUT2D eigenvalue weighted by Gasteiger charge is 2.14. The van der Waals surface area contributed by atoms with Gasteiger partial charge < -0.3 is 9.47 Å². The maximum atomic E-state index is 12.3. The van der Waals surface area contributed by atoms with Crippen molar-refractivity contribution in [2.75, 3.05) is 13.2 Å². The number of carbonyl (C=O) groups excluding carboxylic acids is 3. The second kappa shape index (κ2) is 34.9. The molecule has 0 rings (SSSR count). The summed E-state index contributed by atoms with van der Waals surface area (Å²) in [5.41, 5.74) is 0. The fourth-order valence-corrected chi connectivity index (χ4v) is 6.29. The van der Waals surface area contributed by atoms with Gasteiger partial charge in [0, 0.05) is 25.7 Å². The summed E-state index contributed by atoms with van der Waals surface area (Å²) in [5.74, 6) is 1.15. The first-order valence-electron chi connectivity index (χ1n) is 20.3. The Hall–Kier alpha value is -1.39. The number of ether oxygens (including phenoxy) is 2. The molecule has 272 valence electrons. The number of carbonyl (C=O) groups is 3. The summed E-state index contributed by atoms with van der Waals surface area (Å²) in [6.45, 7) is 10.1. The van der Waals surface area contributed by atoms with Gasteiger partial charge >= 0.3 is 11.9 Å². The Morgan fingerprint density at radius 1 is 0.370 bits per heavy atom. The van der Waals surface area contributed by atoms with Gasteiger partial charge in [-0.15, -0.1) is 0 Å². The van der Waals surface area contributed by atoms with E-state index in [0.29, 0.717) is 56.5 Å². The molecular formula is C41H78O5. The third-order valence-corrected chi connectivity index (χ3v) is 9.50. The van der Waals surface area contributed by atoms with Crippen molar-refractivity contribution >= 4 is 17.7 Å². The van der Waals surface area contributed by atoms with Crippen LogP contribution in [0.25, 0.3) is 0 Å². The van der Waals surface area contributed by atoms with E-state index in [2.05, 4.69) is 27.7 Å². The lowest BCUT2D eigenvalue weighted by Gasteiger charge is -2.17. The first-order valence-corrected chi connectivity index (χ1v) is 20.3. The molecule has 0 heterocycles. The normalized spacial score (nSPS) is 11.4. The molecule has 0 saturated heterocycles. The van der Waals surface area contributed by atoms with Crippen LogP contribution in [0.5, 0.6) is 0 Å². The van der Waals surface area contributed by atoms with Gasteiger partial charge in [0.15, 0.2) is 0 Å². The molecule has 0 fully saturated rings. The van der Waals surface area contributed by atoms with Crippen LogP contribution in [0.2, 0.25) is 0 Å². The summed E-state index contributed by atoms with van der Waals surface area (Å²) >= 11 is 0. The Bertz CT molecular complexity index is 610. The molecule has 0 bridgehead atoms. The van der Waals surface area contributed by atoms with E-state index >= 15 is 0 Å². The van der Waals surface area contributed by atoms with Gasteiger partial charge in [-0.3, -0.25) is 14.4 Å². The van der Waals surface area contributed by atoms with E-state index in [1.807, 2.05) is 0 Å². The largest absolute Gasteiger partial charge is 0.465 e. The van der Waals surface area contributed by atoms with Crippen molar-refractivity contribution in [1.29, 1.82) is 0 Å². The molecule has 0 aliphatic carbocycles. The van der Waals surface area contributed by atoms with E-state index in [-0.39, 0.29) is 11.9 Å². The van der Waals surface area contributed by atoms with Crippen LogP contribution < -0.4 is 0 Å². The topological polar surface area (TPSA) is 69.7 Å². The third kappa shape index (κ3) is 31.2. The molecule has 0 saturated carbocycles. The van der Waals surface area contributed by atoms with Gasteiger partial charge in [-0.2, -0.15) is 0 Å². The molecule has 0 aromatic carbocycles. The van der Waals surface area contributed by atoms with Crippen LogP contribution in [0.1, 0.15) is 220 Å². The van der Waals surface area contributed by atoms with Crippen LogP contribution in [0.3, 0.4) is 0 Å². The zero-order chi connectivity index (χ0) is 33.9. The van der Waals surface area contributed by atoms with Crippen molar-refractivity contribution in [3.05, 3.63) is 0 Å². The van der Waals surface area contributed by atoms with Gasteiger partial charge in [0.25, 0.3) is 0 Å². The SMILES string of the molecule is CCCCCCC(CCCCCC)COC(=O)CCCCCC(=O)CCCCCC(=O)OCC(CCCCCC)CCCCCC. The molecule has 0 spiro atoms. The number of Topliss-reactive ketones (excluding diaryl/α,β-unsaturated/α-hetero) is 1. The van der Waals surface area contributed by atoms with Gasteiger partial charge in [-0.05, 0) is 63.2 Å². The van der Waals surface area contributed by atoms with Crippen molar-refractivity contribution in [2.24, 2.45) is 11.8 Å². The fourth-order valence-electron chi connectivity index (χ4n) is 6.29. The molecule has 0 unspecified atom stereocenters. The molecule has 0 aliphatic rings. The number of ketones is 1. The van der Waals surface area contributed by atoms with Gasteiger partial charge in [0.2, 0.25) is 0 Å². The van der Waals surface area contributed by atoms with Crippen LogP contribution in [-0.2, 0) is 23.9 Å². The monoisotopic (exact) mass is 651 g/mol. The van der Waals surface area contributed by atoms with E-state index in [9.17, 15) is 14.4 Å². The van der Waals surface area contributed by atoms with Crippen LogP contribution >= 0.6 is 0 Å². The molecule has 0 aromatic heterocycles. The summed E-state index contributed by atoms with van der Waals surface area (Å²) in [7, 11) is 0. The smallest absolute Gasteiger partial charge is 0.305 e. The standard InChI is InChI=1S/C41H78O5/c1-5-9-13-19-27-37(28-20-14-10-6-2)35-45-40(43)33-25-17-23-31-39(42)32-24-18-26-34-41(44)46-36-38(29-21-15-11-7-3)30-22-16-12-8-4/h37-38H,5-36H2,1-4H3. The maximum Gasteiger partial charge on any atom is 0.305 e. The highest BCUT2D eigenvalue weighted by atomic mass is 16.5. The molecule has 0 N–H and O–H groups in total. The molecule has 0 atom stereocenters. The summed E-state index contributed by atoms with van der Waals surface area (Å²) in [6, 6.07) is 0. The average Bonchev–Trinajstić information content (AvgIpc) is 3.05. The summed E-state index contributed by atoms with van der Waals surface area (Å²) < 4.78 is 11.3. The Labute approximate surface area is 286 Å². The summed E-state index contributed by atoms with van der Waals surface area (Å²) in [6.07, 6.45) is 32.1. The first kappa shape index (κ1) is 44.6. The summed E-state index contributed by atoms with van der Waals surface area (Å²) in [5, 5.41) is 0. The Balaban J connectivity index is 3.96. The van der Waals surface area contributed by atoms with E-state index in [0.717, 1.165) is 38.5 Å². The lowest BCUT2D eigenvalue weighted by molar-refractivity contribution is -0.146. The van der Waals surface area contributed by atoms with E-state index < -0.39 is 0 Å². The minimum absolute atomic E-state index is 0.0774. The number of rotatable bonds is 36. The second-order valence-electron chi connectivity index (χ2n) is 14.2. The number of hydrogen-bond donors (Lipinski definition) is 0. The predicted octanol–water partition coefficient (Wildman–Crippen LogP) is 12.7. The lowest BCUT2D eigenvalue weighted by Crippen LogP contribution is -2.14. The fraction of sp³-hybridized carbons (Fsp3) is 0.927. The molecule has 5 heteroatoms. The number of unbranched alkanes of at least 4 members (excludes halogenated alkanes) is 16. The van der Waals surface area contributed by atoms with Gasteiger partial charge in [-0.25, -0.2) is 0 Å². The van der Waals surface area contributed by atoms with Gasteiger partial charge in [0.1, 0.15) is 5.78 Å². The van der Waals surface area contributed by atoms with Crippen LogP contribution in [0.15, 0.2) is 0 Å². The summed E-state index contributed by atoms with van der Waals surface area (Å²) in [4.78, 5) is 37.0. The molecule has 0 aliphatic heterocycles. The minimum atomic E-state index is -0.0774. The molecule has 0 aromatic rings. The minimum Gasteiger partial charge on any atom is -0.465 e. The second-order valence-corrected chi connectivity index (χ2v) is 14.2. The predicted molar refractivity (Wildman–Crippen MR) is 195 cm³/mol. The highest BCUT2D eigenvalue weighted by Crippen LogP contribution is 2.21. The van der Waals surface area contributed by atoms with Crippen molar-refractivity contribution in [1.82, 2.24) is 0 Å². The Morgan fingerprint density at radius 3 is 0.957 bits per heavy atom. The van der Waals surface area contributed by atoms with E-state index in [4.69, 9.17) is 9.47 Å². The van der Waals surface area contributed by atoms with Crippen molar-refractivity contribution in [2.45, 2.75) is 220 Å². The molecule has 0 radical (unpaired) electrons. The first-order chi connectivity index (χ1) is 22.5. The van der Waals surface area contributed by atoms with Crippen molar-refractivity contribution in [3.8, 4) is 0 Å². The maximum absolute atomic E-state index is 12.3. The van der Waals surface area contributed by atoms with E-state index in [1.165, 1.54) is 128 Å².